The number of hydrogen-bond donors (Lipinski definition) is 2. The molecule has 1 rings (SSSR count). The smallest absolute Gasteiger partial charge is 0.191 e. The first-order chi connectivity index (χ1) is 10.7. The average molecular weight is 437 g/mol. The average Bonchev–Trinajstić information content (AvgIpc) is 2.53. The fourth-order valence-electron chi connectivity index (χ4n) is 1.87. The van der Waals surface area contributed by atoms with Gasteiger partial charge in [0.05, 0.1) is 26.9 Å². The Kier molecular flexibility index (Phi) is 12.5. The SMILES string of the molecule is CCNC(=NCc1ccc(OC)c(OCC)c1)NCCOC.I. The van der Waals surface area contributed by atoms with Crippen molar-refractivity contribution in [3.8, 4) is 11.5 Å². The molecule has 7 heteroatoms. The monoisotopic (exact) mass is 437 g/mol. The van der Waals surface area contributed by atoms with E-state index >= 15 is 0 Å². The first-order valence-corrected chi connectivity index (χ1v) is 7.55. The van der Waals surface area contributed by atoms with Crippen LogP contribution in [0.15, 0.2) is 23.2 Å². The molecule has 0 aromatic heterocycles. The van der Waals surface area contributed by atoms with E-state index in [1.54, 1.807) is 14.2 Å². The van der Waals surface area contributed by atoms with Gasteiger partial charge in [0.25, 0.3) is 0 Å². The molecule has 1 aromatic carbocycles. The summed E-state index contributed by atoms with van der Waals surface area (Å²) in [5.41, 5.74) is 1.06. The van der Waals surface area contributed by atoms with Gasteiger partial charge in [-0.05, 0) is 31.5 Å². The zero-order chi connectivity index (χ0) is 16.2. The summed E-state index contributed by atoms with van der Waals surface area (Å²) in [7, 11) is 3.32. The van der Waals surface area contributed by atoms with Crippen molar-refractivity contribution >= 4 is 29.9 Å². The van der Waals surface area contributed by atoms with Crippen LogP contribution in [0.3, 0.4) is 0 Å². The Morgan fingerprint density at radius 1 is 1.13 bits per heavy atom. The molecule has 23 heavy (non-hydrogen) atoms. The molecule has 132 valence electrons. The number of benzene rings is 1. The quantitative estimate of drug-likeness (QED) is 0.269. The number of guanidine groups is 1. The molecule has 0 saturated carbocycles. The highest BCUT2D eigenvalue weighted by Gasteiger charge is 2.05. The molecule has 0 atom stereocenters. The van der Waals surface area contributed by atoms with E-state index < -0.39 is 0 Å². The molecule has 0 amide bonds. The van der Waals surface area contributed by atoms with Gasteiger partial charge in [0, 0.05) is 20.2 Å². The van der Waals surface area contributed by atoms with Crippen LogP contribution in [-0.2, 0) is 11.3 Å². The summed E-state index contributed by atoms with van der Waals surface area (Å²) >= 11 is 0. The van der Waals surface area contributed by atoms with Crippen molar-refractivity contribution < 1.29 is 14.2 Å². The molecule has 0 heterocycles. The van der Waals surface area contributed by atoms with Crippen LogP contribution in [0.5, 0.6) is 11.5 Å². The van der Waals surface area contributed by atoms with Gasteiger partial charge >= 0.3 is 0 Å². The van der Waals surface area contributed by atoms with Crippen molar-refractivity contribution in [1.82, 2.24) is 10.6 Å². The van der Waals surface area contributed by atoms with Gasteiger partial charge in [0.1, 0.15) is 0 Å². The van der Waals surface area contributed by atoms with Gasteiger partial charge in [0.15, 0.2) is 17.5 Å². The summed E-state index contributed by atoms with van der Waals surface area (Å²) in [6.07, 6.45) is 0. The van der Waals surface area contributed by atoms with Gasteiger partial charge in [-0.2, -0.15) is 0 Å². The number of halogens is 1. The van der Waals surface area contributed by atoms with Gasteiger partial charge < -0.3 is 24.8 Å². The second-order valence-electron chi connectivity index (χ2n) is 4.53. The topological polar surface area (TPSA) is 64.1 Å². The van der Waals surface area contributed by atoms with E-state index in [0.29, 0.717) is 19.8 Å². The fraction of sp³-hybridized carbons (Fsp3) is 0.562. The molecule has 6 nitrogen and oxygen atoms in total. The maximum Gasteiger partial charge on any atom is 0.191 e. The van der Waals surface area contributed by atoms with E-state index in [0.717, 1.165) is 36.1 Å². The molecule has 0 radical (unpaired) electrons. The minimum atomic E-state index is 0. The Hall–Kier alpha value is -1.22. The number of aliphatic imine (C=N–C) groups is 1. The zero-order valence-corrected chi connectivity index (χ0v) is 16.7. The largest absolute Gasteiger partial charge is 0.493 e. The van der Waals surface area contributed by atoms with Crippen LogP contribution in [0.1, 0.15) is 19.4 Å². The van der Waals surface area contributed by atoms with Crippen molar-refractivity contribution in [2.45, 2.75) is 20.4 Å². The van der Waals surface area contributed by atoms with E-state index in [9.17, 15) is 0 Å². The summed E-state index contributed by atoms with van der Waals surface area (Å²) in [5.74, 6) is 2.25. The highest BCUT2D eigenvalue weighted by atomic mass is 127. The van der Waals surface area contributed by atoms with Gasteiger partial charge in [-0.1, -0.05) is 6.07 Å². The third kappa shape index (κ3) is 8.26. The molecule has 0 fully saturated rings. The first-order valence-electron chi connectivity index (χ1n) is 7.55. The van der Waals surface area contributed by atoms with E-state index in [1.165, 1.54) is 0 Å². The fourth-order valence-corrected chi connectivity index (χ4v) is 1.87. The van der Waals surface area contributed by atoms with E-state index in [-0.39, 0.29) is 24.0 Å². The standard InChI is InChI=1S/C16H27N3O3.HI/c1-5-17-16(18-9-10-20-3)19-12-13-7-8-14(21-4)15(11-13)22-6-2;/h7-8,11H,5-6,9-10,12H2,1-4H3,(H2,17,18,19);1H. The molecule has 2 N–H and O–H groups in total. The first kappa shape index (κ1) is 21.8. The number of nitrogens with zero attached hydrogens (tertiary/aromatic N) is 1. The predicted molar refractivity (Wildman–Crippen MR) is 104 cm³/mol. The van der Waals surface area contributed by atoms with Crippen molar-refractivity contribution in [3.05, 3.63) is 23.8 Å². The molecule has 0 saturated heterocycles. The zero-order valence-electron chi connectivity index (χ0n) is 14.3. The number of methoxy groups -OCH3 is 2. The summed E-state index contributed by atoms with van der Waals surface area (Å²) in [5, 5.41) is 6.41. The van der Waals surface area contributed by atoms with Gasteiger partial charge in [-0.15, -0.1) is 24.0 Å². The molecular formula is C16H28IN3O3. The summed E-state index contributed by atoms with van der Waals surface area (Å²) in [6.45, 7) is 7.32. The molecular weight excluding hydrogens is 409 g/mol. The Morgan fingerprint density at radius 2 is 1.91 bits per heavy atom. The van der Waals surface area contributed by atoms with E-state index in [4.69, 9.17) is 14.2 Å². The lowest BCUT2D eigenvalue weighted by Crippen LogP contribution is -2.38. The lowest BCUT2D eigenvalue weighted by atomic mass is 10.2. The van der Waals surface area contributed by atoms with Crippen LogP contribution >= 0.6 is 24.0 Å². The maximum absolute atomic E-state index is 5.58. The van der Waals surface area contributed by atoms with Crippen LogP contribution in [-0.4, -0.2) is 46.5 Å². The maximum atomic E-state index is 5.58. The summed E-state index contributed by atoms with van der Waals surface area (Å²) in [4.78, 5) is 4.55. The lowest BCUT2D eigenvalue weighted by Gasteiger charge is -2.12. The molecule has 1 aromatic rings. The van der Waals surface area contributed by atoms with E-state index in [2.05, 4.69) is 15.6 Å². The Bertz CT molecular complexity index is 470. The normalized spacial score (nSPS) is 10.7. The highest BCUT2D eigenvalue weighted by molar-refractivity contribution is 14.0. The molecule has 0 aliphatic carbocycles. The highest BCUT2D eigenvalue weighted by Crippen LogP contribution is 2.28. The number of ether oxygens (including phenoxy) is 3. The third-order valence-electron chi connectivity index (χ3n) is 2.89. The van der Waals surface area contributed by atoms with Crippen molar-refractivity contribution in [2.24, 2.45) is 4.99 Å². The number of hydrogen-bond acceptors (Lipinski definition) is 4. The van der Waals surface area contributed by atoms with Crippen LogP contribution in [0, 0.1) is 0 Å². The number of rotatable bonds is 9. The van der Waals surface area contributed by atoms with Gasteiger partial charge in [-0.25, -0.2) is 4.99 Å². The van der Waals surface area contributed by atoms with Crippen LogP contribution in [0.4, 0.5) is 0 Å². The second-order valence-corrected chi connectivity index (χ2v) is 4.53. The van der Waals surface area contributed by atoms with Crippen molar-refractivity contribution in [1.29, 1.82) is 0 Å². The lowest BCUT2D eigenvalue weighted by molar-refractivity contribution is 0.203. The minimum absolute atomic E-state index is 0. The van der Waals surface area contributed by atoms with Gasteiger partial charge in [-0.3, -0.25) is 0 Å². The summed E-state index contributed by atoms with van der Waals surface area (Å²) in [6, 6.07) is 5.86. The van der Waals surface area contributed by atoms with Crippen LogP contribution in [0.2, 0.25) is 0 Å². The minimum Gasteiger partial charge on any atom is -0.493 e. The predicted octanol–water partition coefficient (Wildman–Crippen LogP) is 2.41. The van der Waals surface area contributed by atoms with Crippen LogP contribution in [0.25, 0.3) is 0 Å². The Balaban J connectivity index is 0.00000484. The van der Waals surface area contributed by atoms with E-state index in [1.807, 2.05) is 32.0 Å². The molecule has 0 aliphatic heterocycles. The third-order valence-corrected chi connectivity index (χ3v) is 2.89. The summed E-state index contributed by atoms with van der Waals surface area (Å²) < 4.78 is 15.9. The molecule has 0 bridgehead atoms. The second kappa shape index (κ2) is 13.2. The molecule has 0 spiro atoms. The Labute approximate surface area is 156 Å². The molecule has 0 unspecified atom stereocenters. The van der Waals surface area contributed by atoms with Gasteiger partial charge in [0.2, 0.25) is 0 Å². The van der Waals surface area contributed by atoms with Crippen molar-refractivity contribution in [2.75, 3.05) is 40.5 Å². The number of nitrogens with one attached hydrogen (secondary N) is 2. The Morgan fingerprint density at radius 3 is 2.52 bits per heavy atom. The van der Waals surface area contributed by atoms with Crippen LogP contribution < -0.4 is 20.1 Å². The molecule has 0 aliphatic rings. The van der Waals surface area contributed by atoms with Crippen molar-refractivity contribution in [3.63, 3.8) is 0 Å².